The lowest BCUT2D eigenvalue weighted by molar-refractivity contribution is -0.000286. The zero-order chi connectivity index (χ0) is 25.4. The predicted molar refractivity (Wildman–Crippen MR) is 147 cm³/mol. The Hall–Kier alpha value is -1.61. The van der Waals surface area contributed by atoms with Crippen LogP contribution in [0.2, 0.25) is 5.02 Å². The van der Waals surface area contributed by atoms with E-state index in [1.54, 1.807) is 19.2 Å². The van der Waals surface area contributed by atoms with Gasteiger partial charge in [0.05, 0.1) is 40.5 Å². The second-order valence-electron chi connectivity index (χ2n) is 9.76. The summed E-state index contributed by atoms with van der Waals surface area (Å²) >= 11 is 11.8. The number of thiocarbonyl (C=S) groups is 1. The van der Waals surface area contributed by atoms with Crippen molar-refractivity contribution >= 4 is 40.4 Å². The van der Waals surface area contributed by atoms with E-state index in [4.69, 9.17) is 39.0 Å². The Kier molecular flexibility index (Phi) is 10.9. The van der Waals surface area contributed by atoms with Gasteiger partial charge in [0.2, 0.25) is 0 Å². The van der Waals surface area contributed by atoms with Gasteiger partial charge in [0.25, 0.3) is 5.91 Å². The van der Waals surface area contributed by atoms with Crippen LogP contribution >= 0.6 is 23.8 Å². The molecule has 0 saturated carbocycles. The highest BCUT2D eigenvalue weighted by molar-refractivity contribution is 7.80. The predicted octanol–water partition coefficient (Wildman–Crippen LogP) is 4.37. The Morgan fingerprint density at radius 2 is 1.94 bits per heavy atom. The highest BCUT2D eigenvalue weighted by Gasteiger charge is 2.33. The van der Waals surface area contributed by atoms with Gasteiger partial charge in [-0.1, -0.05) is 43.6 Å². The summed E-state index contributed by atoms with van der Waals surface area (Å²) < 4.78 is 11.1. The molecule has 196 valence electrons. The maximum absolute atomic E-state index is 13.0. The number of carbonyl (C=O) groups is 1. The average Bonchev–Trinajstić information content (AvgIpc) is 2.86. The highest BCUT2D eigenvalue weighted by atomic mass is 35.5. The quantitative estimate of drug-likeness (QED) is 0.267. The topological polar surface area (TPSA) is 80.1 Å². The number of nitrogens with zero attached hydrogens (tertiary/aromatic N) is 2. The Balaban J connectivity index is 1.48. The number of benzene rings is 1. The van der Waals surface area contributed by atoms with E-state index in [2.05, 4.69) is 22.0 Å². The van der Waals surface area contributed by atoms with E-state index in [1.807, 2.05) is 0 Å². The summed E-state index contributed by atoms with van der Waals surface area (Å²) in [6.07, 6.45) is 7.87. The van der Waals surface area contributed by atoms with Crippen LogP contribution in [0.25, 0.3) is 0 Å². The van der Waals surface area contributed by atoms with Gasteiger partial charge in [-0.25, -0.2) is 0 Å². The van der Waals surface area contributed by atoms with Crippen molar-refractivity contribution in [2.24, 2.45) is 5.92 Å². The molecule has 2 atom stereocenters. The van der Waals surface area contributed by atoms with Crippen LogP contribution in [0, 0.1) is 5.92 Å². The van der Waals surface area contributed by atoms with Crippen LogP contribution in [0.3, 0.4) is 0 Å². The lowest BCUT2D eigenvalue weighted by atomic mass is 9.93. The molecule has 7 nitrogen and oxygen atoms in total. The van der Waals surface area contributed by atoms with Gasteiger partial charge in [-0.2, -0.15) is 0 Å². The fourth-order valence-corrected chi connectivity index (χ4v) is 5.62. The average molecular weight is 525 g/mol. The summed E-state index contributed by atoms with van der Waals surface area (Å²) in [5.41, 5.74) is 6.61. The number of methoxy groups -OCH3 is 2. The number of carbonyl (C=O) groups excluding carboxylic acids is 1. The van der Waals surface area contributed by atoms with Crippen molar-refractivity contribution < 1.29 is 14.3 Å². The first-order chi connectivity index (χ1) is 16.9. The zero-order valence-corrected chi connectivity index (χ0v) is 22.9. The van der Waals surface area contributed by atoms with Crippen LogP contribution in [0.4, 0.5) is 5.69 Å². The van der Waals surface area contributed by atoms with Crippen LogP contribution in [0.1, 0.15) is 62.2 Å². The molecule has 3 rings (SSSR count). The number of nitrogens with one attached hydrogen (secondary N) is 1. The molecule has 1 aromatic rings. The van der Waals surface area contributed by atoms with Crippen molar-refractivity contribution in [3.63, 3.8) is 0 Å². The number of rotatable bonds is 10. The molecule has 2 aliphatic rings. The van der Waals surface area contributed by atoms with Crippen LogP contribution in [0.5, 0.6) is 5.75 Å². The molecule has 3 N–H and O–H groups in total. The molecular weight excluding hydrogens is 484 g/mol. The third kappa shape index (κ3) is 7.68. The van der Waals surface area contributed by atoms with E-state index < -0.39 is 0 Å². The largest absolute Gasteiger partial charge is 0.496 e. The molecule has 2 aliphatic heterocycles. The van der Waals surface area contributed by atoms with E-state index in [9.17, 15) is 4.79 Å². The zero-order valence-electron chi connectivity index (χ0n) is 21.4. The van der Waals surface area contributed by atoms with Crippen LogP contribution in [-0.4, -0.2) is 79.8 Å². The number of unbranched alkanes of at least 4 members (excludes halogenated alkanes) is 2. The molecule has 0 aliphatic carbocycles. The van der Waals surface area contributed by atoms with Gasteiger partial charge in [0.1, 0.15) is 5.75 Å². The number of hydrogen-bond acceptors (Lipinski definition) is 6. The molecule has 2 fully saturated rings. The van der Waals surface area contributed by atoms with Gasteiger partial charge in [0.15, 0.2) is 0 Å². The number of ether oxygens (including phenoxy) is 2. The van der Waals surface area contributed by atoms with Crippen molar-refractivity contribution in [1.29, 1.82) is 0 Å². The number of nitrogens with two attached hydrogens (primary N) is 1. The second-order valence-corrected chi connectivity index (χ2v) is 10.6. The molecule has 0 aromatic heterocycles. The first-order valence-corrected chi connectivity index (χ1v) is 13.6. The molecule has 2 saturated heterocycles. The molecule has 1 aromatic carbocycles. The summed E-state index contributed by atoms with van der Waals surface area (Å²) in [5.74, 6) is 0.855. The Bertz CT molecular complexity index is 863. The molecule has 0 bridgehead atoms. The highest BCUT2D eigenvalue weighted by Crippen LogP contribution is 2.29. The minimum absolute atomic E-state index is 0.0748. The van der Waals surface area contributed by atoms with Crippen LogP contribution < -0.4 is 15.8 Å². The normalized spacial score (nSPS) is 21.7. The monoisotopic (exact) mass is 524 g/mol. The minimum atomic E-state index is -0.230. The SMILES string of the molecule is CCCCCC(=S)N1CCC(CN2CC[C@H](NC(=O)c3cc(Cl)c(N)cc3OC)[C@H](OC)C2)CC1. The van der Waals surface area contributed by atoms with Gasteiger partial charge >= 0.3 is 0 Å². The third-order valence-corrected chi connectivity index (χ3v) is 8.09. The third-order valence-electron chi connectivity index (χ3n) is 7.30. The van der Waals surface area contributed by atoms with E-state index in [-0.39, 0.29) is 18.1 Å². The fourth-order valence-electron chi connectivity index (χ4n) is 5.13. The van der Waals surface area contributed by atoms with Crippen LogP contribution in [-0.2, 0) is 4.74 Å². The van der Waals surface area contributed by atoms with E-state index >= 15 is 0 Å². The Labute approximate surface area is 220 Å². The van der Waals surface area contributed by atoms with Crippen molar-refractivity contribution in [1.82, 2.24) is 15.1 Å². The summed E-state index contributed by atoms with van der Waals surface area (Å²) in [4.78, 5) is 19.1. The Morgan fingerprint density at radius 1 is 1.20 bits per heavy atom. The molecule has 0 unspecified atom stereocenters. The van der Waals surface area contributed by atoms with Crippen molar-refractivity contribution in [3.8, 4) is 5.75 Å². The lowest BCUT2D eigenvalue weighted by Crippen LogP contribution is -2.55. The number of nitrogen functional groups attached to an aromatic ring is 1. The summed E-state index contributed by atoms with van der Waals surface area (Å²) in [6.45, 7) is 7.17. The number of anilines is 1. The number of piperidine rings is 2. The van der Waals surface area contributed by atoms with Gasteiger partial charge in [-0.3, -0.25) is 4.79 Å². The second kappa shape index (κ2) is 13.6. The summed E-state index contributed by atoms with van der Waals surface area (Å²) in [5, 5.41) is 3.46. The standard InChI is InChI=1S/C26H41ClN4O3S/c1-4-5-6-7-25(35)31-12-8-18(9-13-31)16-30-11-10-22(24(17-30)34-3)29-26(32)19-14-20(27)21(28)15-23(19)33-2/h14-15,18,22,24H,4-13,16-17,28H2,1-3H3,(H,29,32)/t22-,24+/m0/s1. The molecule has 1 amide bonds. The van der Waals surface area contributed by atoms with Gasteiger partial charge < -0.3 is 30.3 Å². The first-order valence-electron chi connectivity index (χ1n) is 12.8. The number of amides is 1. The number of hydrogen-bond donors (Lipinski definition) is 2. The fraction of sp³-hybridized carbons (Fsp3) is 0.692. The minimum Gasteiger partial charge on any atom is -0.496 e. The van der Waals surface area contributed by atoms with Crippen molar-refractivity contribution in [2.75, 3.05) is 52.7 Å². The lowest BCUT2D eigenvalue weighted by Gasteiger charge is -2.41. The summed E-state index contributed by atoms with van der Waals surface area (Å²) in [6, 6.07) is 3.06. The van der Waals surface area contributed by atoms with E-state index in [0.717, 1.165) is 50.6 Å². The van der Waals surface area contributed by atoms with E-state index in [1.165, 1.54) is 39.2 Å². The van der Waals surface area contributed by atoms with Gasteiger partial charge in [0, 0.05) is 45.9 Å². The van der Waals surface area contributed by atoms with E-state index in [0.29, 0.717) is 27.9 Å². The Morgan fingerprint density at radius 3 is 2.60 bits per heavy atom. The van der Waals surface area contributed by atoms with Gasteiger partial charge in [-0.15, -0.1) is 0 Å². The maximum atomic E-state index is 13.0. The smallest absolute Gasteiger partial charge is 0.255 e. The maximum Gasteiger partial charge on any atom is 0.255 e. The van der Waals surface area contributed by atoms with Crippen molar-refractivity contribution in [3.05, 3.63) is 22.7 Å². The molecule has 0 spiro atoms. The molecule has 35 heavy (non-hydrogen) atoms. The molecule has 2 heterocycles. The molecular formula is C26H41ClN4O3S. The van der Waals surface area contributed by atoms with Crippen molar-refractivity contribution in [2.45, 2.75) is 64.0 Å². The molecule has 0 radical (unpaired) electrons. The first kappa shape index (κ1) is 28.0. The number of halogens is 1. The molecule has 9 heteroatoms. The van der Waals surface area contributed by atoms with Gasteiger partial charge in [-0.05, 0) is 44.1 Å². The summed E-state index contributed by atoms with van der Waals surface area (Å²) in [7, 11) is 3.23. The number of likely N-dealkylation sites (tertiary alicyclic amines) is 2. The van der Waals surface area contributed by atoms with Crippen LogP contribution in [0.15, 0.2) is 12.1 Å².